The van der Waals surface area contributed by atoms with Crippen molar-refractivity contribution < 1.29 is 18.8 Å². The Hall–Kier alpha value is -3.50. The van der Waals surface area contributed by atoms with Crippen LogP contribution < -0.4 is 4.90 Å². The molecule has 1 aliphatic rings. The third kappa shape index (κ3) is 4.21. The van der Waals surface area contributed by atoms with Crippen LogP contribution in [0.4, 0.5) is 5.82 Å². The van der Waals surface area contributed by atoms with E-state index in [1.165, 1.54) is 6.33 Å². The van der Waals surface area contributed by atoms with Gasteiger partial charge in [-0.15, -0.1) is 0 Å². The number of rotatable bonds is 6. The predicted octanol–water partition coefficient (Wildman–Crippen LogP) is 1.19. The molecule has 11 nitrogen and oxygen atoms in total. The van der Waals surface area contributed by atoms with Gasteiger partial charge in [0.05, 0.1) is 6.61 Å². The van der Waals surface area contributed by atoms with E-state index in [4.69, 9.17) is 9.26 Å². The van der Waals surface area contributed by atoms with Crippen molar-refractivity contribution in [3.8, 4) is 0 Å². The Bertz CT molecular complexity index is 1100. The van der Waals surface area contributed by atoms with Crippen LogP contribution in [0.1, 0.15) is 40.9 Å². The summed E-state index contributed by atoms with van der Waals surface area (Å²) in [6, 6.07) is 1.65. The number of anilines is 1. The van der Waals surface area contributed by atoms with Gasteiger partial charge in [0.1, 0.15) is 17.9 Å². The molecular formula is C20H25N7O4. The Labute approximate surface area is 179 Å². The van der Waals surface area contributed by atoms with Crippen LogP contribution in [-0.4, -0.2) is 74.3 Å². The van der Waals surface area contributed by atoms with Crippen molar-refractivity contribution in [2.24, 2.45) is 0 Å². The highest BCUT2D eigenvalue weighted by Gasteiger charge is 2.28. The van der Waals surface area contributed by atoms with E-state index in [-0.39, 0.29) is 18.3 Å². The fraction of sp³-hybridized carbons (Fsp3) is 0.500. The van der Waals surface area contributed by atoms with Gasteiger partial charge in [-0.2, -0.15) is 14.6 Å². The topological polar surface area (TPSA) is 119 Å². The summed E-state index contributed by atoms with van der Waals surface area (Å²) in [7, 11) is 0. The molecule has 0 saturated carbocycles. The third-order valence-corrected chi connectivity index (χ3v) is 5.30. The highest BCUT2D eigenvalue weighted by Crippen LogP contribution is 2.26. The van der Waals surface area contributed by atoms with Crippen molar-refractivity contribution in [1.29, 1.82) is 0 Å². The number of hydrogen-bond acceptors (Lipinski definition) is 9. The number of hydrogen-bond donors (Lipinski definition) is 0. The van der Waals surface area contributed by atoms with Gasteiger partial charge in [0.15, 0.2) is 5.69 Å². The Morgan fingerprint density at radius 3 is 2.65 bits per heavy atom. The number of esters is 1. The summed E-state index contributed by atoms with van der Waals surface area (Å²) in [5.74, 6) is 1.58. The summed E-state index contributed by atoms with van der Waals surface area (Å²) in [6.45, 7) is 8.07. The van der Waals surface area contributed by atoms with Gasteiger partial charge < -0.3 is 19.1 Å². The summed E-state index contributed by atoms with van der Waals surface area (Å²) in [5.41, 5.74) is 2.05. The molecule has 0 aliphatic carbocycles. The van der Waals surface area contributed by atoms with Crippen molar-refractivity contribution in [3.63, 3.8) is 0 Å². The molecule has 164 valence electrons. The molecule has 0 spiro atoms. The van der Waals surface area contributed by atoms with Crippen LogP contribution in [0.25, 0.3) is 5.78 Å². The van der Waals surface area contributed by atoms with Crippen molar-refractivity contribution in [2.45, 2.75) is 33.6 Å². The smallest absolute Gasteiger partial charge is 0.306 e. The summed E-state index contributed by atoms with van der Waals surface area (Å²) >= 11 is 0. The zero-order valence-corrected chi connectivity index (χ0v) is 17.9. The molecule has 4 rings (SSSR count). The highest BCUT2D eigenvalue weighted by atomic mass is 16.5. The molecule has 3 aromatic rings. The number of fused-ring (bicyclic) bond motifs is 1. The van der Waals surface area contributed by atoms with Gasteiger partial charge in [0.25, 0.3) is 11.7 Å². The zero-order valence-electron chi connectivity index (χ0n) is 17.9. The molecule has 0 aromatic carbocycles. The lowest BCUT2D eigenvalue weighted by atomic mass is 10.1. The maximum atomic E-state index is 12.7. The average molecular weight is 427 g/mol. The molecule has 1 fully saturated rings. The Morgan fingerprint density at radius 2 is 1.97 bits per heavy atom. The first-order valence-corrected chi connectivity index (χ1v) is 10.3. The minimum absolute atomic E-state index is 0.143. The number of ether oxygens (including phenoxy) is 1. The van der Waals surface area contributed by atoms with Gasteiger partial charge in [0.2, 0.25) is 0 Å². The molecule has 11 heteroatoms. The Balaban J connectivity index is 1.56. The molecule has 1 aliphatic heterocycles. The number of aromatic nitrogens is 5. The molecular weight excluding hydrogens is 402 g/mol. The number of amides is 1. The Kier molecular flexibility index (Phi) is 5.83. The molecule has 0 radical (unpaired) electrons. The van der Waals surface area contributed by atoms with Crippen LogP contribution in [0.3, 0.4) is 0 Å². The normalized spacial score (nSPS) is 14.3. The van der Waals surface area contributed by atoms with Gasteiger partial charge in [0, 0.05) is 49.9 Å². The highest BCUT2D eigenvalue weighted by molar-refractivity contribution is 5.92. The maximum absolute atomic E-state index is 12.7. The van der Waals surface area contributed by atoms with Crippen molar-refractivity contribution in [3.05, 3.63) is 35.1 Å². The van der Waals surface area contributed by atoms with Crippen molar-refractivity contribution >= 4 is 23.5 Å². The SMILES string of the molecule is CCOC(=O)CCc1c(C)nc2ncnn2c1N1CCN(C(=O)c2cc(C)on2)CC1. The lowest BCUT2D eigenvalue weighted by Crippen LogP contribution is -2.49. The fourth-order valence-electron chi connectivity index (χ4n) is 3.80. The van der Waals surface area contributed by atoms with E-state index >= 15 is 0 Å². The number of carbonyl (C=O) groups is 2. The van der Waals surface area contributed by atoms with E-state index in [9.17, 15) is 9.59 Å². The number of nitrogens with zero attached hydrogens (tertiary/aromatic N) is 7. The Morgan fingerprint density at radius 1 is 1.19 bits per heavy atom. The summed E-state index contributed by atoms with van der Waals surface area (Å²) < 4.78 is 11.8. The standard InChI is InChI=1S/C20H25N7O4/c1-4-30-17(28)6-5-15-14(3)23-20-21-12-22-27(20)18(15)25-7-9-26(10-8-25)19(29)16-11-13(2)31-24-16/h11-12H,4-10H2,1-3H3. The zero-order chi connectivity index (χ0) is 22.0. The van der Waals surface area contributed by atoms with E-state index in [0.29, 0.717) is 56.4 Å². The van der Waals surface area contributed by atoms with E-state index < -0.39 is 0 Å². The molecule has 0 atom stereocenters. The predicted molar refractivity (Wildman–Crippen MR) is 110 cm³/mol. The van der Waals surface area contributed by atoms with Gasteiger partial charge in [-0.3, -0.25) is 9.59 Å². The lowest BCUT2D eigenvalue weighted by Gasteiger charge is -2.36. The molecule has 1 saturated heterocycles. The second-order valence-corrected chi connectivity index (χ2v) is 7.38. The molecule has 1 amide bonds. The van der Waals surface area contributed by atoms with Crippen LogP contribution in [0.5, 0.6) is 0 Å². The second kappa shape index (κ2) is 8.70. The van der Waals surface area contributed by atoms with E-state index in [1.54, 1.807) is 29.3 Å². The van der Waals surface area contributed by atoms with Crippen LogP contribution in [0.15, 0.2) is 16.9 Å². The molecule has 0 N–H and O–H groups in total. The van der Waals surface area contributed by atoms with Gasteiger partial charge in [-0.1, -0.05) is 5.16 Å². The van der Waals surface area contributed by atoms with Crippen molar-refractivity contribution in [1.82, 2.24) is 29.6 Å². The minimum Gasteiger partial charge on any atom is -0.466 e. The molecule has 3 aromatic heterocycles. The van der Waals surface area contributed by atoms with Crippen molar-refractivity contribution in [2.75, 3.05) is 37.7 Å². The van der Waals surface area contributed by atoms with Crippen LogP contribution in [0, 0.1) is 13.8 Å². The summed E-state index contributed by atoms with van der Waals surface area (Å²) in [6.07, 6.45) is 2.21. The van der Waals surface area contributed by atoms with Gasteiger partial charge >= 0.3 is 5.97 Å². The summed E-state index contributed by atoms with van der Waals surface area (Å²) in [4.78, 5) is 37.3. The second-order valence-electron chi connectivity index (χ2n) is 7.38. The van der Waals surface area contributed by atoms with Crippen LogP contribution in [0.2, 0.25) is 0 Å². The summed E-state index contributed by atoms with van der Waals surface area (Å²) in [5, 5.41) is 8.18. The first-order chi connectivity index (χ1) is 15.0. The number of carbonyl (C=O) groups excluding carboxylic acids is 2. The van der Waals surface area contributed by atoms with Crippen LogP contribution >= 0.6 is 0 Å². The average Bonchev–Trinajstić information content (AvgIpc) is 3.40. The quantitative estimate of drug-likeness (QED) is 0.534. The molecule has 31 heavy (non-hydrogen) atoms. The van der Waals surface area contributed by atoms with E-state index in [2.05, 4.69) is 25.1 Å². The lowest BCUT2D eigenvalue weighted by molar-refractivity contribution is -0.143. The van der Waals surface area contributed by atoms with E-state index in [0.717, 1.165) is 17.1 Å². The minimum atomic E-state index is -0.246. The van der Waals surface area contributed by atoms with Crippen LogP contribution in [-0.2, 0) is 16.0 Å². The monoisotopic (exact) mass is 427 g/mol. The van der Waals surface area contributed by atoms with Gasteiger partial charge in [-0.25, -0.2) is 4.98 Å². The largest absolute Gasteiger partial charge is 0.466 e. The maximum Gasteiger partial charge on any atom is 0.306 e. The first kappa shape index (κ1) is 20.8. The molecule has 4 heterocycles. The van der Waals surface area contributed by atoms with E-state index in [1.807, 2.05) is 6.92 Å². The number of aryl methyl sites for hydroxylation is 2. The molecule has 0 unspecified atom stereocenters. The van der Waals surface area contributed by atoms with Gasteiger partial charge in [-0.05, 0) is 27.2 Å². The molecule has 0 bridgehead atoms. The third-order valence-electron chi connectivity index (χ3n) is 5.30. The fourth-order valence-corrected chi connectivity index (χ4v) is 3.80. The number of piperazine rings is 1. The first-order valence-electron chi connectivity index (χ1n) is 10.3.